The first-order chi connectivity index (χ1) is 7.90. The molecule has 0 spiro atoms. The lowest BCUT2D eigenvalue weighted by atomic mass is 10.1. The largest absolute Gasteiger partial charge is 0.508 e. The van der Waals surface area contributed by atoms with Gasteiger partial charge in [-0.05, 0) is 12.1 Å². The van der Waals surface area contributed by atoms with Crippen LogP contribution < -0.4 is 11.1 Å². The first-order valence-electron chi connectivity index (χ1n) is 5.00. The molecule has 1 aromatic carbocycles. The second kappa shape index (κ2) is 5.49. The van der Waals surface area contributed by atoms with Crippen LogP contribution in [-0.2, 0) is 0 Å². The van der Waals surface area contributed by atoms with Gasteiger partial charge in [-0.2, -0.15) is 0 Å². The smallest absolute Gasteiger partial charge is 0.251 e. The molecular weight excluding hydrogens is 240 g/mol. The van der Waals surface area contributed by atoms with E-state index in [0.717, 1.165) is 6.07 Å². The van der Waals surface area contributed by atoms with Crippen molar-refractivity contribution < 1.29 is 15.0 Å². The predicted molar refractivity (Wildman–Crippen MR) is 68.1 cm³/mol. The number of phenolic OH excluding ortho intramolecular Hbond substituents is 2. The summed E-state index contributed by atoms with van der Waals surface area (Å²) in [5.74, 6) is -0.853. The number of carbonyl (C=O) groups is 1. The number of hydrogen-bond donors (Lipinski definition) is 4. The van der Waals surface area contributed by atoms with Crippen LogP contribution in [0.4, 0.5) is 0 Å². The molecule has 5 nitrogen and oxygen atoms in total. The Balaban J connectivity index is 2.67. The van der Waals surface area contributed by atoms with Gasteiger partial charge in [-0.3, -0.25) is 4.79 Å². The van der Waals surface area contributed by atoms with Crippen molar-refractivity contribution in [2.24, 2.45) is 11.7 Å². The molecule has 5 N–H and O–H groups in total. The molecule has 1 atom stereocenters. The van der Waals surface area contributed by atoms with E-state index in [1.165, 1.54) is 12.1 Å². The molecule has 0 fully saturated rings. The number of hydrogen-bond acceptors (Lipinski definition) is 4. The van der Waals surface area contributed by atoms with Crippen molar-refractivity contribution in [2.75, 3.05) is 6.54 Å². The number of rotatable bonds is 4. The molecule has 1 aromatic rings. The maximum atomic E-state index is 11.7. The minimum absolute atomic E-state index is 0.111. The van der Waals surface area contributed by atoms with Crippen molar-refractivity contribution in [2.45, 2.75) is 6.92 Å². The van der Waals surface area contributed by atoms with Crippen molar-refractivity contribution in [3.05, 3.63) is 23.8 Å². The van der Waals surface area contributed by atoms with Gasteiger partial charge in [0.2, 0.25) is 0 Å². The molecule has 0 radical (unpaired) electrons. The SMILES string of the molecule is CC(CNC(=O)c1cc(O)cc(O)c1)C(N)=S. The van der Waals surface area contributed by atoms with E-state index in [1.54, 1.807) is 6.92 Å². The summed E-state index contributed by atoms with van der Waals surface area (Å²) in [6.45, 7) is 2.10. The van der Waals surface area contributed by atoms with Crippen LogP contribution in [0, 0.1) is 5.92 Å². The zero-order valence-corrected chi connectivity index (χ0v) is 10.1. The normalized spacial score (nSPS) is 11.8. The third kappa shape index (κ3) is 3.92. The Bertz CT molecular complexity index is 428. The minimum atomic E-state index is -0.403. The Hall–Kier alpha value is -1.82. The fourth-order valence-electron chi connectivity index (χ4n) is 1.17. The van der Waals surface area contributed by atoms with Crippen LogP contribution in [-0.4, -0.2) is 27.7 Å². The van der Waals surface area contributed by atoms with Crippen molar-refractivity contribution in [1.29, 1.82) is 0 Å². The van der Waals surface area contributed by atoms with E-state index in [9.17, 15) is 15.0 Å². The summed E-state index contributed by atoms with van der Waals surface area (Å²) in [6, 6.07) is 3.68. The summed E-state index contributed by atoms with van der Waals surface area (Å²) in [4.78, 5) is 12.0. The Labute approximate surface area is 104 Å². The summed E-state index contributed by atoms with van der Waals surface area (Å²) in [5.41, 5.74) is 5.59. The molecular formula is C11H14N2O3S. The van der Waals surface area contributed by atoms with Gasteiger partial charge in [-0.25, -0.2) is 0 Å². The van der Waals surface area contributed by atoms with Crippen LogP contribution in [0.15, 0.2) is 18.2 Å². The fourth-order valence-corrected chi connectivity index (χ4v) is 1.26. The molecule has 0 aliphatic rings. The average molecular weight is 254 g/mol. The van der Waals surface area contributed by atoms with Gasteiger partial charge in [0.15, 0.2) is 0 Å². The predicted octanol–water partition coefficient (Wildman–Crippen LogP) is 0.750. The van der Waals surface area contributed by atoms with Gasteiger partial charge in [-0.15, -0.1) is 0 Å². The number of aromatic hydroxyl groups is 2. The van der Waals surface area contributed by atoms with Gasteiger partial charge in [0, 0.05) is 24.1 Å². The molecule has 0 aliphatic heterocycles. The Kier molecular flexibility index (Phi) is 4.28. The Morgan fingerprint density at radius 3 is 2.41 bits per heavy atom. The zero-order chi connectivity index (χ0) is 13.0. The third-order valence-electron chi connectivity index (χ3n) is 2.22. The van der Waals surface area contributed by atoms with Crippen molar-refractivity contribution in [3.8, 4) is 11.5 Å². The molecule has 0 aliphatic carbocycles. The second-order valence-electron chi connectivity index (χ2n) is 3.75. The van der Waals surface area contributed by atoms with Crippen LogP contribution in [0.3, 0.4) is 0 Å². The lowest BCUT2D eigenvalue weighted by Gasteiger charge is -2.11. The molecule has 92 valence electrons. The number of thiocarbonyl (C=S) groups is 1. The van der Waals surface area contributed by atoms with Gasteiger partial charge in [0.1, 0.15) is 11.5 Å². The van der Waals surface area contributed by atoms with Crippen LogP contribution in [0.1, 0.15) is 17.3 Å². The van der Waals surface area contributed by atoms with E-state index in [-0.39, 0.29) is 23.0 Å². The van der Waals surface area contributed by atoms with Crippen LogP contribution in [0.2, 0.25) is 0 Å². The molecule has 1 amide bonds. The first kappa shape index (κ1) is 13.2. The lowest BCUT2D eigenvalue weighted by Crippen LogP contribution is -2.33. The third-order valence-corrected chi connectivity index (χ3v) is 2.62. The van der Waals surface area contributed by atoms with Crippen molar-refractivity contribution in [1.82, 2.24) is 5.32 Å². The highest BCUT2D eigenvalue weighted by Crippen LogP contribution is 2.20. The van der Waals surface area contributed by atoms with Crippen LogP contribution in [0.25, 0.3) is 0 Å². The Morgan fingerprint density at radius 1 is 1.41 bits per heavy atom. The van der Waals surface area contributed by atoms with Crippen molar-refractivity contribution in [3.63, 3.8) is 0 Å². The monoisotopic (exact) mass is 254 g/mol. The van der Waals surface area contributed by atoms with Crippen LogP contribution in [0.5, 0.6) is 11.5 Å². The number of phenols is 2. The molecule has 0 heterocycles. The number of amides is 1. The first-order valence-corrected chi connectivity index (χ1v) is 5.41. The highest BCUT2D eigenvalue weighted by Gasteiger charge is 2.11. The number of benzene rings is 1. The van der Waals surface area contributed by atoms with E-state index >= 15 is 0 Å². The number of nitrogens with one attached hydrogen (secondary N) is 1. The van der Waals surface area contributed by atoms with E-state index < -0.39 is 5.91 Å². The molecule has 6 heteroatoms. The average Bonchev–Trinajstić information content (AvgIpc) is 2.23. The van der Waals surface area contributed by atoms with E-state index in [0.29, 0.717) is 11.5 Å². The highest BCUT2D eigenvalue weighted by molar-refractivity contribution is 7.80. The molecule has 17 heavy (non-hydrogen) atoms. The highest BCUT2D eigenvalue weighted by atomic mass is 32.1. The summed E-state index contributed by atoms with van der Waals surface area (Å²) >= 11 is 4.77. The minimum Gasteiger partial charge on any atom is -0.508 e. The summed E-state index contributed by atoms with van der Waals surface area (Å²) in [6.07, 6.45) is 0. The number of carbonyl (C=O) groups excluding carboxylic acids is 1. The number of nitrogens with two attached hydrogens (primary N) is 1. The molecule has 0 saturated carbocycles. The maximum absolute atomic E-state index is 11.7. The topological polar surface area (TPSA) is 95.6 Å². The summed E-state index contributed by atoms with van der Waals surface area (Å²) in [5, 5.41) is 21.1. The Morgan fingerprint density at radius 2 is 1.94 bits per heavy atom. The van der Waals surface area contributed by atoms with Crippen molar-refractivity contribution >= 4 is 23.1 Å². The van der Waals surface area contributed by atoms with Gasteiger partial charge in [0.25, 0.3) is 5.91 Å². The quantitative estimate of drug-likeness (QED) is 0.595. The lowest BCUT2D eigenvalue weighted by molar-refractivity contribution is 0.0950. The van der Waals surface area contributed by atoms with E-state index in [1.807, 2.05) is 0 Å². The summed E-state index contributed by atoms with van der Waals surface area (Å²) in [7, 11) is 0. The zero-order valence-electron chi connectivity index (χ0n) is 9.30. The van der Waals surface area contributed by atoms with Gasteiger partial charge in [-0.1, -0.05) is 19.1 Å². The van der Waals surface area contributed by atoms with Gasteiger partial charge < -0.3 is 21.3 Å². The standard InChI is InChI=1S/C11H14N2O3S/c1-6(10(12)17)5-13-11(16)7-2-8(14)4-9(15)3-7/h2-4,6,14-15H,5H2,1H3,(H2,12,17)(H,13,16). The maximum Gasteiger partial charge on any atom is 0.251 e. The van der Waals surface area contributed by atoms with Crippen LogP contribution >= 0.6 is 12.2 Å². The second-order valence-corrected chi connectivity index (χ2v) is 4.22. The fraction of sp³-hybridized carbons (Fsp3) is 0.273. The summed E-state index contributed by atoms with van der Waals surface area (Å²) < 4.78 is 0. The molecule has 0 saturated heterocycles. The molecule has 0 aromatic heterocycles. The van der Waals surface area contributed by atoms with Gasteiger partial charge in [0.05, 0.1) is 4.99 Å². The molecule has 1 unspecified atom stereocenters. The molecule has 1 rings (SSSR count). The van der Waals surface area contributed by atoms with E-state index in [4.69, 9.17) is 18.0 Å². The molecule has 0 bridgehead atoms. The van der Waals surface area contributed by atoms with Gasteiger partial charge >= 0.3 is 0 Å². The van der Waals surface area contributed by atoms with E-state index in [2.05, 4.69) is 5.32 Å².